The first kappa shape index (κ1) is 17.1. The Hall–Kier alpha value is -1.73. The smallest absolute Gasteiger partial charge is 0.352 e. The largest absolute Gasteiger partial charge is 0.416 e. The lowest BCUT2D eigenvalue weighted by atomic mass is 10.2. The highest BCUT2D eigenvalue weighted by atomic mass is 32.2. The topological polar surface area (TPSA) is 28.2 Å². The third-order valence-corrected chi connectivity index (χ3v) is 4.86. The van der Waals surface area contributed by atoms with Crippen LogP contribution in [0.5, 0.6) is 0 Å². The first-order valence-electron chi connectivity index (χ1n) is 7.72. The van der Waals surface area contributed by atoms with Crippen LogP contribution in [0.15, 0.2) is 47.5 Å². The number of alkyl halides is 3. The predicted octanol–water partition coefficient (Wildman–Crippen LogP) is 4.15. The third-order valence-electron chi connectivity index (χ3n) is 4.04. The van der Waals surface area contributed by atoms with Crippen LogP contribution in [-0.4, -0.2) is 24.1 Å². The van der Waals surface area contributed by atoms with Crippen LogP contribution in [-0.2, 0) is 12.6 Å². The summed E-state index contributed by atoms with van der Waals surface area (Å²) in [6.07, 6.45) is -1.49. The van der Waals surface area contributed by atoms with Crippen molar-refractivity contribution in [3.63, 3.8) is 0 Å². The monoisotopic (exact) mass is 353 g/mol. The van der Waals surface area contributed by atoms with E-state index in [1.54, 1.807) is 6.20 Å². The summed E-state index contributed by atoms with van der Waals surface area (Å²) < 4.78 is 40.8. The number of fused-ring (bicyclic) bond motifs is 1. The quantitative estimate of drug-likeness (QED) is 0.818. The first-order chi connectivity index (χ1) is 11.4. The molecule has 1 N–H and O–H groups in total. The third kappa shape index (κ3) is 3.84. The van der Waals surface area contributed by atoms with Crippen molar-refractivity contribution in [1.29, 1.82) is 0 Å². The van der Waals surface area contributed by atoms with Crippen molar-refractivity contribution in [2.24, 2.45) is 0 Å². The minimum atomic E-state index is -4.29. The number of nitrogens with one attached hydrogen (secondary N) is 1. The number of hydrogen-bond donors (Lipinski definition) is 1. The number of rotatable bonds is 5. The van der Waals surface area contributed by atoms with Crippen molar-refractivity contribution in [2.75, 3.05) is 18.0 Å². The number of halogens is 3. The minimum Gasteiger partial charge on any atom is -0.352 e. The number of aromatic nitrogens is 1. The maximum atomic E-state index is 12.5. The summed E-state index contributed by atoms with van der Waals surface area (Å²) in [5.41, 5.74) is 0.639. The molecule has 1 aromatic heterocycles. The maximum absolute atomic E-state index is 12.5. The molecule has 0 fully saturated rings. The Labute approximate surface area is 143 Å². The average molecular weight is 353 g/mol. The summed E-state index contributed by atoms with van der Waals surface area (Å²) in [5.74, 6) is 1.03. The molecule has 1 aliphatic heterocycles. The molecule has 24 heavy (non-hydrogen) atoms. The first-order valence-corrected chi connectivity index (χ1v) is 8.54. The molecule has 1 aliphatic rings. The molecule has 0 aliphatic carbocycles. The molecule has 0 spiro atoms. The van der Waals surface area contributed by atoms with Gasteiger partial charge in [-0.15, -0.1) is 0 Å². The SMILES string of the molecule is CC(CNSc1ccc(C(F)(F)F)cc1)N1CCc2cccnc21. The van der Waals surface area contributed by atoms with Crippen molar-refractivity contribution in [2.45, 2.75) is 30.5 Å². The van der Waals surface area contributed by atoms with E-state index in [9.17, 15) is 13.2 Å². The highest BCUT2D eigenvalue weighted by Crippen LogP contribution is 2.30. The van der Waals surface area contributed by atoms with Crippen molar-refractivity contribution in [3.8, 4) is 0 Å². The summed E-state index contributed by atoms with van der Waals surface area (Å²) in [6, 6.07) is 9.48. The van der Waals surface area contributed by atoms with Gasteiger partial charge in [0.2, 0.25) is 0 Å². The van der Waals surface area contributed by atoms with E-state index >= 15 is 0 Å². The van der Waals surface area contributed by atoms with Crippen LogP contribution in [0.4, 0.5) is 19.0 Å². The molecule has 2 aromatic rings. The van der Waals surface area contributed by atoms with Crippen LogP contribution in [0.25, 0.3) is 0 Å². The molecule has 128 valence electrons. The van der Waals surface area contributed by atoms with Crippen LogP contribution in [0, 0.1) is 0 Å². The predicted molar refractivity (Wildman–Crippen MR) is 90.1 cm³/mol. The van der Waals surface area contributed by atoms with Gasteiger partial charge in [0.15, 0.2) is 0 Å². The molecule has 1 atom stereocenters. The van der Waals surface area contributed by atoms with Crippen molar-refractivity contribution >= 4 is 17.8 Å². The molecule has 0 radical (unpaired) electrons. The minimum absolute atomic E-state index is 0.253. The molecule has 3 rings (SSSR count). The van der Waals surface area contributed by atoms with Crippen LogP contribution in [0.2, 0.25) is 0 Å². The molecular formula is C17H18F3N3S. The van der Waals surface area contributed by atoms with Gasteiger partial charge in [0, 0.05) is 30.2 Å². The van der Waals surface area contributed by atoms with Gasteiger partial charge in [-0.3, -0.25) is 4.72 Å². The number of benzene rings is 1. The van der Waals surface area contributed by atoms with Gasteiger partial charge in [-0.05, 0) is 61.2 Å². The van der Waals surface area contributed by atoms with E-state index < -0.39 is 11.7 Å². The number of hydrogen-bond acceptors (Lipinski definition) is 4. The second-order valence-corrected chi connectivity index (χ2v) is 6.72. The fraction of sp³-hybridized carbons (Fsp3) is 0.353. The van der Waals surface area contributed by atoms with Gasteiger partial charge in [0.25, 0.3) is 0 Å². The van der Waals surface area contributed by atoms with Crippen molar-refractivity contribution in [1.82, 2.24) is 9.71 Å². The molecule has 0 saturated carbocycles. The molecule has 2 heterocycles. The van der Waals surface area contributed by atoms with Crippen LogP contribution < -0.4 is 9.62 Å². The van der Waals surface area contributed by atoms with Gasteiger partial charge in [-0.2, -0.15) is 13.2 Å². The molecule has 1 unspecified atom stereocenters. The van der Waals surface area contributed by atoms with Gasteiger partial charge >= 0.3 is 6.18 Å². The fourth-order valence-corrected chi connectivity index (χ4v) is 3.49. The van der Waals surface area contributed by atoms with Gasteiger partial charge < -0.3 is 4.90 Å². The number of anilines is 1. The normalized spacial score (nSPS) is 15.4. The standard InChI is InChI=1S/C17H18F3N3S/c1-12(23-10-8-13-3-2-9-21-16(13)23)11-22-24-15-6-4-14(5-7-15)17(18,19)20/h2-7,9,12,22H,8,10-11H2,1H3. The van der Waals surface area contributed by atoms with Gasteiger partial charge in [0.05, 0.1) is 5.56 Å². The summed E-state index contributed by atoms with van der Waals surface area (Å²) in [6.45, 7) is 3.77. The second-order valence-electron chi connectivity index (χ2n) is 5.75. The van der Waals surface area contributed by atoms with Crippen LogP contribution >= 0.6 is 11.9 Å². The molecule has 0 saturated heterocycles. The lowest BCUT2D eigenvalue weighted by Crippen LogP contribution is -2.38. The summed E-state index contributed by atoms with van der Waals surface area (Å²) in [5, 5.41) is 0. The lowest BCUT2D eigenvalue weighted by Gasteiger charge is -2.26. The summed E-state index contributed by atoms with van der Waals surface area (Å²) >= 11 is 1.34. The Balaban J connectivity index is 1.52. The maximum Gasteiger partial charge on any atom is 0.416 e. The highest BCUT2D eigenvalue weighted by Gasteiger charge is 2.30. The summed E-state index contributed by atoms with van der Waals surface area (Å²) in [4.78, 5) is 7.46. The zero-order valence-electron chi connectivity index (χ0n) is 13.2. The fourth-order valence-electron chi connectivity index (χ4n) is 2.73. The molecule has 0 bridgehead atoms. The van der Waals surface area contributed by atoms with Gasteiger partial charge in [0.1, 0.15) is 5.82 Å². The summed E-state index contributed by atoms with van der Waals surface area (Å²) in [7, 11) is 0. The van der Waals surface area contributed by atoms with Gasteiger partial charge in [-0.25, -0.2) is 4.98 Å². The Morgan fingerprint density at radius 2 is 2.00 bits per heavy atom. The van der Waals surface area contributed by atoms with Crippen molar-refractivity contribution < 1.29 is 13.2 Å². The van der Waals surface area contributed by atoms with Crippen molar-refractivity contribution in [3.05, 3.63) is 53.7 Å². The van der Waals surface area contributed by atoms with E-state index in [1.807, 2.05) is 6.07 Å². The van der Waals surface area contributed by atoms with Crippen LogP contribution in [0.3, 0.4) is 0 Å². The zero-order valence-corrected chi connectivity index (χ0v) is 14.0. The van der Waals surface area contributed by atoms with E-state index in [0.717, 1.165) is 35.8 Å². The van der Waals surface area contributed by atoms with Gasteiger partial charge in [-0.1, -0.05) is 6.07 Å². The number of nitrogens with zero attached hydrogens (tertiary/aromatic N) is 2. The van der Waals surface area contributed by atoms with E-state index in [1.165, 1.54) is 29.6 Å². The molecule has 7 heteroatoms. The van der Waals surface area contributed by atoms with Crippen LogP contribution in [0.1, 0.15) is 18.1 Å². The Morgan fingerprint density at radius 3 is 2.71 bits per heavy atom. The molecule has 3 nitrogen and oxygen atoms in total. The highest BCUT2D eigenvalue weighted by molar-refractivity contribution is 7.97. The molecule has 0 amide bonds. The molecule has 1 aromatic carbocycles. The second kappa shape index (κ2) is 7.03. The van der Waals surface area contributed by atoms with E-state index in [2.05, 4.69) is 27.6 Å². The Morgan fingerprint density at radius 1 is 1.25 bits per heavy atom. The average Bonchev–Trinajstić information content (AvgIpc) is 2.98. The van der Waals surface area contributed by atoms with E-state index in [0.29, 0.717) is 6.54 Å². The molecular weight excluding hydrogens is 335 g/mol. The Bertz CT molecular complexity index is 688. The number of pyridine rings is 1. The Kier molecular flexibility index (Phi) is 5.01. The van der Waals surface area contributed by atoms with E-state index in [4.69, 9.17) is 0 Å². The lowest BCUT2D eigenvalue weighted by molar-refractivity contribution is -0.137. The van der Waals surface area contributed by atoms with E-state index in [-0.39, 0.29) is 6.04 Å². The zero-order chi connectivity index (χ0) is 17.2.